The normalized spacial score (nSPS) is 10.5. The third-order valence-corrected chi connectivity index (χ3v) is 2.44. The van der Waals surface area contributed by atoms with Gasteiger partial charge in [-0.25, -0.2) is 5.10 Å². The third kappa shape index (κ3) is 1.78. The average Bonchev–Trinajstić information content (AvgIpc) is 2.44. The molecule has 1 aromatic carbocycles. The summed E-state index contributed by atoms with van der Waals surface area (Å²) in [4.78, 5) is 0. The van der Waals surface area contributed by atoms with Gasteiger partial charge < -0.3 is 5.73 Å². The van der Waals surface area contributed by atoms with Crippen molar-refractivity contribution in [2.24, 2.45) is 0 Å². The summed E-state index contributed by atoms with van der Waals surface area (Å²) in [6, 6.07) is 6.15. The highest BCUT2D eigenvalue weighted by Crippen LogP contribution is 2.16. The highest BCUT2D eigenvalue weighted by molar-refractivity contribution is 7.71. The van der Waals surface area contributed by atoms with Crippen LogP contribution in [0.2, 0.25) is 0 Å². The van der Waals surface area contributed by atoms with E-state index in [1.54, 1.807) is 4.57 Å². The van der Waals surface area contributed by atoms with Crippen LogP contribution in [0.15, 0.2) is 18.2 Å². The van der Waals surface area contributed by atoms with E-state index in [2.05, 4.69) is 16.3 Å². The number of nitrogen functional groups attached to an aromatic ring is 1. The minimum absolute atomic E-state index is 0.380. The van der Waals surface area contributed by atoms with Crippen molar-refractivity contribution < 1.29 is 0 Å². The lowest BCUT2D eigenvalue weighted by atomic mass is 10.1. The van der Waals surface area contributed by atoms with Gasteiger partial charge in [0.25, 0.3) is 0 Å². The lowest BCUT2D eigenvalue weighted by Gasteiger charge is -2.06. The van der Waals surface area contributed by atoms with Crippen LogP contribution in [0.1, 0.15) is 11.1 Å². The van der Waals surface area contributed by atoms with Gasteiger partial charge in [-0.15, -0.1) is 5.10 Å². The molecule has 0 bridgehead atoms. The molecule has 0 radical (unpaired) electrons. The number of hydrogen-bond acceptors (Lipinski definition) is 3. The first-order valence-corrected chi connectivity index (χ1v) is 5.00. The van der Waals surface area contributed by atoms with E-state index in [-0.39, 0.29) is 0 Å². The quantitative estimate of drug-likeness (QED) is 0.724. The second-order valence-electron chi connectivity index (χ2n) is 3.57. The van der Waals surface area contributed by atoms with Crippen molar-refractivity contribution in [3.05, 3.63) is 34.1 Å². The number of benzene rings is 1. The molecule has 2 rings (SSSR count). The average molecular weight is 220 g/mol. The third-order valence-electron chi connectivity index (χ3n) is 2.16. The number of H-pyrrole nitrogens is 1. The van der Waals surface area contributed by atoms with Crippen molar-refractivity contribution in [1.29, 1.82) is 0 Å². The smallest absolute Gasteiger partial charge is 0.225 e. The van der Waals surface area contributed by atoms with E-state index in [1.807, 2.05) is 26.0 Å². The molecule has 5 heteroatoms. The number of anilines is 1. The van der Waals surface area contributed by atoms with Gasteiger partial charge in [-0.1, -0.05) is 6.07 Å². The maximum Gasteiger partial charge on any atom is 0.225 e. The molecule has 0 amide bonds. The van der Waals surface area contributed by atoms with E-state index in [1.165, 1.54) is 11.1 Å². The molecule has 15 heavy (non-hydrogen) atoms. The minimum atomic E-state index is 0.380. The molecule has 0 aliphatic carbocycles. The van der Waals surface area contributed by atoms with Crippen LogP contribution >= 0.6 is 12.2 Å². The number of aromatic nitrogens is 3. The zero-order chi connectivity index (χ0) is 11.0. The van der Waals surface area contributed by atoms with Crippen LogP contribution in [0.4, 0.5) is 5.95 Å². The molecule has 0 saturated carbocycles. The summed E-state index contributed by atoms with van der Waals surface area (Å²) < 4.78 is 2.23. The van der Waals surface area contributed by atoms with Crippen LogP contribution in [-0.4, -0.2) is 14.8 Å². The van der Waals surface area contributed by atoms with E-state index in [0.717, 1.165) is 5.69 Å². The van der Waals surface area contributed by atoms with Crippen molar-refractivity contribution >= 4 is 18.2 Å². The number of hydrogen-bond donors (Lipinski definition) is 2. The lowest BCUT2D eigenvalue weighted by Crippen LogP contribution is -2.01. The summed E-state index contributed by atoms with van der Waals surface area (Å²) in [7, 11) is 0. The predicted molar refractivity (Wildman–Crippen MR) is 62.6 cm³/mol. The fraction of sp³-hybridized carbons (Fsp3) is 0.200. The maximum absolute atomic E-state index is 5.73. The van der Waals surface area contributed by atoms with Crippen LogP contribution in [0.25, 0.3) is 5.69 Å². The fourth-order valence-corrected chi connectivity index (χ4v) is 1.88. The van der Waals surface area contributed by atoms with Crippen LogP contribution < -0.4 is 5.73 Å². The van der Waals surface area contributed by atoms with Gasteiger partial charge in [-0.3, -0.25) is 4.57 Å². The van der Waals surface area contributed by atoms with Crippen molar-refractivity contribution in [1.82, 2.24) is 14.8 Å². The topological polar surface area (TPSA) is 59.6 Å². The zero-order valence-electron chi connectivity index (χ0n) is 8.61. The van der Waals surface area contributed by atoms with Gasteiger partial charge in [0, 0.05) is 0 Å². The molecule has 2 aromatic rings. The number of nitrogens with zero attached hydrogens (tertiary/aromatic N) is 2. The SMILES string of the molecule is Cc1cc(C)cc(-n2c(N)n[nH]c2=S)c1. The van der Waals surface area contributed by atoms with Crippen molar-refractivity contribution in [3.8, 4) is 5.69 Å². The summed E-state index contributed by atoms with van der Waals surface area (Å²) in [6.45, 7) is 4.08. The number of nitrogens with two attached hydrogens (primary N) is 1. The first-order valence-electron chi connectivity index (χ1n) is 4.59. The van der Waals surface area contributed by atoms with E-state index in [4.69, 9.17) is 18.0 Å². The molecule has 0 aliphatic heterocycles. The Bertz CT molecular complexity index is 533. The molecule has 0 saturated heterocycles. The molecule has 4 nitrogen and oxygen atoms in total. The highest BCUT2D eigenvalue weighted by Gasteiger charge is 2.05. The lowest BCUT2D eigenvalue weighted by molar-refractivity contribution is 1.03. The molecule has 0 spiro atoms. The highest BCUT2D eigenvalue weighted by atomic mass is 32.1. The van der Waals surface area contributed by atoms with Crippen molar-refractivity contribution in [3.63, 3.8) is 0 Å². The molecule has 3 N–H and O–H groups in total. The molecule has 0 unspecified atom stereocenters. The molecule has 78 valence electrons. The van der Waals surface area contributed by atoms with Crippen LogP contribution in [0.5, 0.6) is 0 Å². The number of aryl methyl sites for hydroxylation is 2. The predicted octanol–water partition coefficient (Wildman–Crippen LogP) is 2.13. The van der Waals surface area contributed by atoms with E-state index < -0.39 is 0 Å². The number of aromatic amines is 1. The molecular formula is C10H12N4S. The van der Waals surface area contributed by atoms with Crippen LogP contribution in [0.3, 0.4) is 0 Å². The Kier molecular flexibility index (Phi) is 2.32. The number of nitrogens with one attached hydrogen (secondary N) is 1. The zero-order valence-corrected chi connectivity index (χ0v) is 9.43. The van der Waals surface area contributed by atoms with Crippen molar-refractivity contribution in [2.75, 3.05) is 5.73 Å². The standard InChI is InChI=1S/C10H12N4S/c1-6-3-7(2)5-8(4-6)14-9(11)12-13-10(14)15/h3-5H,1-2H3,(H2,11,12)(H,13,15). The summed E-state index contributed by atoms with van der Waals surface area (Å²) >= 11 is 5.11. The van der Waals surface area contributed by atoms with Crippen molar-refractivity contribution in [2.45, 2.75) is 13.8 Å². The number of rotatable bonds is 1. The van der Waals surface area contributed by atoms with Crippen LogP contribution in [-0.2, 0) is 0 Å². The first kappa shape index (κ1) is 9.92. The Labute approximate surface area is 92.7 Å². The monoisotopic (exact) mass is 220 g/mol. The Morgan fingerprint density at radius 1 is 1.27 bits per heavy atom. The Hall–Kier alpha value is -1.62. The summed E-state index contributed by atoms with van der Waals surface area (Å²) in [5.74, 6) is 0.380. The van der Waals surface area contributed by atoms with E-state index >= 15 is 0 Å². The second kappa shape index (κ2) is 3.51. The van der Waals surface area contributed by atoms with Gasteiger partial charge in [0.05, 0.1) is 5.69 Å². The van der Waals surface area contributed by atoms with Gasteiger partial charge in [0.2, 0.25) is 10.7 Å². The Balaban J connectivity index is 2.69. The molecule has 0 fully saturated rings. The van der Waals surface area contributed by atoms with Gasteiger partial charge >= 0.3 is 0 Å². The van der Waals surface area contributed by atoms with Gasteiger partial charge in [-0.2, -0.15) is 0 Å². The maximum atomic E-state index is 5.73. The molecule has 0 aliphatic rings. The summed E-state index contributed by atoms with van der Waals surface area (Å²) in [6.07, 6.45) is 0. The van der Waals surface area contributed by atoms with Crippen LogP contribution in [0, 0.1) is 18.6 Å². The second-order valence-corrected chi connectivity index (χ2v) is 3.95. The van der Waals surface area contributed by atoms with E-state index in [9.17, 15) is 0 Å². The largest absolute Gasteiger partial charge is 0.368 e. The van der Waals surface area contributed by atoms with E-state index in [0.29, 0.717) is 10.7 Å². The Morgan fingerprint density at radius 2 is 1.87 bits per heavy atom. The molecular weight excluding hydrogens is 208 g/mol. The van der Waals surface area contributed by atoms with Gasteiger partial charge in [0.1, 0.15) is 0 Å². The molecule has 1 aromatic heterocycles. The van der Waals surface area contributed by atoms with Gasteiger partial charge in [-0.05, 0) is 49.3 Å². The summed E-state index contributed by atoms with van der Waals surface area (Å²) in [5.41, 5.74) is 9.02. The molecule has 0 atom stereocenters. The fourth-order valence-electron chi connectivity index (χ4n) is 1.64. The summed E-state index contributed by atoms with van der Waals surface area (Å²) in [5, 5.41) is 6.54. The minimum Gasteiger partial charge on any atom is -0.368 e. The van der Waals surface area contributed by atoms with Gasteiger partial charge in [0.15, 0.2) is 0 Å². The first-order chi connectivity index (χ1) is 7.08. The molecule has 1 heterocycles. The Morgan fingerprint density at radius 3 is 2.33 bits per heavy atom.